The Kier molecular flexibility index (Phi) is 5.27. The van der Waals surface area contributed by atoms with Gasteiger partial charge in [-0.25, -0.2) is 0 Å². The first-order valence-electron chi connectivity index (χ1n) is 7.69. The Balaban J connectivity index is 1.72. The standard InChI is InChI=1S/C15H18ClN5O3/c1-23-14-8-13(21-9-18-19-20-21)12(16)7-11(14)15(22)17-5-4-10-3-2-6-24-10/h7-10H,2-6H2,1H3,(H,17,22). The lowest BCUT2D eigenvalue weighted by Crippen LogP contribution is -2.27. The summed E-state index contributed by atoms with van der Waals surface area (Å²) >= 11 is 6.26. The number of benzene rings is 1. The van der Waals surface area contributed by atoms with E-state index in [0.29, 0.717) is 28.6 Å². The molecule has 0 aliphatic carbocycles. The molecule has 1 aliphatic rings. The molecule has 0 radical (unpaired) electrons. The third-order valence-corrected chi connectivity index (χ3v) is 4.19. The van der Waals surface area contributed by atoms with E-state index in [-0.39, 0.29) is 12.0 Å². The number of nitrogens with zero attached hydrogens (tertiary/aromatic N) is 4. The Hall–Kier alpha value is -2.19. The Bertz CT molecular complexity index is 701. The van der Waals surface area contributed by atoms with Crippen LogP contribution >= 0.6 is 11.6 Å². The summed E-state index contributed by atoms with van der Waals surface area (Å²) in [5.74, 6) is 0.162. The zero-order valence-electron chi connectivity index (χ0n) is 13.2. The number of halogens is 1. The number of tetrazole rings is 1. The lowest BCUT2D eigenvalue weighted by atomic mass is 10.1. The summed E-state index contributed by atoms with van der Waals surface area (Å²) in [5, 5.41) is 14.2. The first-order chi connectivity index (χ1) is 11.7. The minimum absolute atomic E-state index is 0.234. The second-order valence-electron chi connectivity index (χ2n) is 5.44. The fourth-order valence-electron chi connectivity index (χ4n) is 2.65. The number of amides is 1. The van der Waals surface area contributed by atoms with Gasteiger partial charge in [-0.1, -0.05) is 11.6 Å². The predicted molar refractivity (Wildman–Crippen MR) is 86.6 cm³/mol. The van der Waals surface area contributed by atoms with Crippen molar-refractivity contribution in [3.05, 3.63) is 29.0 Å². The average Bonchev–Trinajstić information content (AvgIpc) is 3.28. The third-order valence-electron chi connectivity index (χ3n) is 3.89. The van der Waals surface area contributed by atoms with Crippen LogP contribution < -0.4 is 10.1 Å². The molecule has 1 saturated heterocycles. The Labute approximate surface area is 144 Å². The molecule has 1 aromatic heterocycles. The van der Waals surface area contributed by atoms with Crippen molar-refractivity contribution < 1.29 is 14.3 Å². The Morgan fingerprint density at radius 3 is 3.08 bits per heavy atom. The van der Waals surface area contributed by atoms with Crippen LogP contribution in [0.15, 0.2) is 18.5 Å². The molecule has 8 nitrogen and oxygen atoms in total. The molecule has 0 bridgehead atoms. The smallest absolute Gasteiger partial charge is 0.255 e. The van der Waals surface area contributed by atoms with Gasteiger partial charge in [0.2, 0.25) is 0 Å². The fourth-order valence-corrected chi connectivity index (χ4v) is 2.90. The lowest BCUT2D eigenvalue weighted by Gasteiger charge is -2.13. The van der Waals surface area contributed by atoms with E-state index in [0.717, 1.165) is 25.9 Å². The normalized spacial score (nSPS) is 17.0. The molecule has 0 saturated carbocycles. The highest BCUT2D eigenvalue weighted by molar-refractivity contribution is 6.33. The van der Waals surface area contributed by atoms with Crippen LogP contribution in [0, 0.1) is 0 Å². The van der Waals surface area contributed by atoms with Crippen molar-refractivity contribution in [2.45, 2.75) is 25.4 Å². The van der Waals surface area contributed by atoms with Crippen LogP contribution in [0.5, 0.6) is 5.75 Å². The number of aromatic nitrogens is 4. The van der Waals surface area contributed by atoms with Crippen LogP contribution in [-0.2, 0) is 4.74 Å². The monoisotopic (exact) mass is 351 g/mol. The topological polar surface area (TPSA) is 91.2 Å². The summed E-state index contributed by atoms with van der Waals surface area (Å²) in [6, 6.07) is 3.19. The van der Waals surface area contributed by atoms with Crippen LogP contribution in [-0.4, -0.2) is 52.5 Å². The van der Waals surface area contributed by atoms with E-state index in [1.807, 2.05) is 0 Å². The predicted octanol–water partition coefficient (Wildman–Crippen LogP) is 1.62. The molecule has 24 heavy (non-hydrogen) atoms. The summed E-state index contributed by atoms with van der Waals surface area (Å²) in [4.78, 5) is 12.4. The molecule has 3 rings (SSSR count). The number of hydrogen-bond donors (Lipinski definition) is 1. The van der Waals surface area contributed by atoms with Crippen molar-refractivity contribution in [3.63, 3.8) is 0 Å². The molecule has 1 amide bonds. The zero-order chi connectivity index (χ0) is 16.9. The molecule has 128 valence electrons. The van der Waals surface area contributed by atoms with E-state index < -0.39 is 0 Å². The molecule has 9 heteroatoms. The van der Waals surface area contributed by atoms with Crippen LogP contribution in [0.3, 0.4) is 0 Å². The molecule has 1 aliphatic heterocycles. The average molecular weight is 352 g/mol. The van der Waals surface area contributed by atoms with E-state index in [4.69, 9.17) is 21.1 Å². The molecular formula is C15H18ClN5O3. The van der Waals surface area contributed by atoms with E-state index in [9.17, 15) is 4.79 Å². The quantitative estimate of drug-likeness (QED) is 0.850. The van der Waals surface area contributed by atoms with Crippen molar-refractivity contribution in [3.8, 4) is 11.4 Å². The highest BCUT2D eigenvalue weighted by Gasteiger charge is 2.19. The van der Waals surface area contributed by atoms with Crippen LogP contribution in [0.2, 0.25) is 5.02 Å². The summed E-state index contributed by atoms with van der Waals surface area (Å²) in [6.45, 7) is 1.35. The van der Waals surface area contributed by atoms with Gasteiger partial charge in [-0.05, 0) is 35.8 Å². The van der Waals surface area contributed by atoms with Gasteiger partial charge in [0, 0.05) is 19.2 Å². The molecule has 1 unspecified atom stereocenters. The zero-order valence-corrected chi connectivity index (χ0v) is 14.0. The van der Waals surface area contributed by atoms with E-state index in [1.54, 1.807) is 12.1 Å². The molecule has 2 aromatic rings. The highest BCUT2D eigenvalue weighted by atomic mass is 35.5. The molecule has 1 aromatic carbocycles. The van der Waals surface area contributed by atoms with Gasteiger partial charge in [-0.3, -0.25) is 4.79 Å². The van der Waals surface area contributed by atoms with Crippen LogP contribution in [0.1, 0.15) is 29.6 Å². The molecule has 2 heterocycles. The van der Waals surface area contributed by atoms with E-state index in [1.165, 1.54) is 18.1 Å². The SMILES string of the molecule is COc1cc(-n2cnnn2)c(Cl)cc1C(=O)NCCC1CCCO1. The largest absolute Gasteiger partial charge is 0.496 e. The summed E-state index contributed by atoms with van der Waals surface area (Å²) in [6.07, 6.45) is 4.58. The molecule has 1 fully saturated rings. The second-order valence-corrected chi connectivity index (χ2v) is 5.85. The summed E-state index contributed by atoms with van der Waals surface area (Å²) < 4.78 is 12.3. The molecular weight excluding hydrogens is 334 g/mol. The van der Waals surface area contributed by atoms with Crippen LogP contribution in [0.4, 0.5) is 0 Å². The van der Waals surface area contributed by atoms with Gasteiger partial charge < -0.3 is 14.8 Å². The van der Waals surface area contributed by atoms with Gasteiger partial charge >= 0.3 is 0 Å². The third kappa shape index (κ3) is 3.65. The van der Waals surface area contributed by atoms with E-state index in [2.05, 4.69) is 20.8 Å². The van der Waals surface area contributed by atoms with Gasteiger partial charge in [0.05, 0.1) is 29.5 Å². The van der Waals surface area contributed by atoms with Crippen molar-refractivity contribution in [1.82, 2.24) is 25.5 Å². The van der Waals surface area contributed by atoms with Gasteiger partial charge in [-0.15, -0.1) is 5.10 Å². The maximum absolute atomic E-state index is 12.4. The van der Waals surface area contributed by atoms with Crippen molar-refractivity contribution in [2.24, 2.45) is 0 Å². The number of hydrogen-bond acceptors (Lipinski definition) is 6. The summed E-state index contributed by atoms with van der Waals surface area (Å²) in [7, 11) is 1.50. The first-order valence-corrected chi connectivity index (χ1v) is 8.07. The lowest BCUT2D eigenvalue weighted by molar-refractivity contribution is 0.0905. The van der Waals surface area contributed by atoms with Gasteiger partial charge in [0.1, 0.15) is 12.1 Å². The molecule has 0 spiro atoms. The molecule has 1 N–H and O–H groups in total. The number of rotatable bonds is 6. The summed E-state index contributed by atoms with van der Waals surface area (Å²) in [5.41, 5.74) is 0.904. The van der Waals surface area contributed by atoms with Crippen molar-refractivity contribution in [2.75, 3.05) is 20.3 Å². The number of carbonyl (C=O) groups is 1. The number of methoxy groups -OCH3 is 1. The number of ether oxygens (including phenoxy) is 2. The highest BCUT2D eigenvalue weighted by Crippen LogP contribution is 2.29. The first kappa shape index (κ1) is 16.7. The maximum Gasteiger partial charge on any atom is 0.255 e. The van der Waals surface area contributed by atoms with Gasteiger partial charge in [-0.2, -0.15) is 4.68 Å². The van der Waals surface area contributed by atoms with Crippen LogP contribution in [0.25, 0.3) is 5.69 Å². The Morgan fingerprint density at radius 1 is 1.54 bits per heavy atom. The van der Waals surface area contributed by atoms with E-state index >= 15 is 0 Å². The molecule has 1 atom stereocenters. The minimum atomic E-state index is -0.241. The fraction of sp³-hybridized carbons (Fsp3) is 0.467. The Morgan fingerprint density at radius 2 is 2.42 bits per heavy atom. The second kappa shape index (κ2) is 7.59. The maximum atomic E-state index is 12.4. The minimum Gasteiger partial charge on any atom is -0.496 e. The van der Waals surface area contributed by atoms with Crippen molar-refractivity contribution in [1.29, 1.82) is 0 Å². The van der Waals surface area contributed by atoms with Gasteiger partial charge in [0.15, 0.2) is 0 Å². The van der Waals surface area contributed by atoms with Crippen molar-refractivity contribution >= 4 is 17.5 Å². The number of nitrogens with one attached hydrogen (secondary N) is 1. The number of carbonyl (C=O) groups excluding carboxylic acids is 1. The van der Waals surface area contributed by atoms with Gasteiger partial charge in [0.25, 0.3) is 5.91 Å².